The lowest BCUT2D eigenvalue weighted by molar-refractivity contribution is -0.138. The normalized spacial score (nSPS) is 12.3. The van der Waals surface area contributed by atoms with Gasteiger partial charge in [0.1, 0.15) is 0 Å². The molecule has 0 aliphatic carbocycles. The number of hydrogen-bond donors (Lipinski definition) is 1. The van der Waals surface area contributed by atoms with Crippen molar-refractivity contribution in [2.24, 2.45) is 0 Å². The number of aliphatic carboxylic acids is 1. The molecule has 0 saturated heterocycles. The van der Waals surface area contributed by atoms with E-state index in [9.17, 15) is 9.90 Å². The summed E-state index contributed by atoms with van der Waals surface area (Å²) in [5, 5.41) is 10.1. The van der Waals surface area contributed by atoms with Crippen LogP contribution in [-0.2, 0) is 16.1 Å². The predicted octanol–water partition coefficient (Wildman–Crippen LogP) is 5.38. The van der Waals surface area contributed by atoms with Crippen LogP contribution in [0.15, 0.2) is 78.9 Å². The van der Waals surface area contributed by atoms with E-state index in [0.29, 0.717) is 18.2 Å². The van der Waals surface area contributed by atoms with Crippen LogP contribution in [-0.4, -0.2) is 42.2 Å². The number of carbonyl (C=O) groups is 1. The van der Waals surface area contributed by atoms with Gasteiger partial charge >= 0.3 is 5.97 Å². The number of benzene rings is 3. The van der Waals surface area contributed by atoms with Crippen LogP contribution in [0.5, 0.6) is 0 Å². The fourth-order valence-electron chi connectivity index (χ4n) is 3.96. The monoisotopic (exact) mass is 437 g/mol. The van der Waals surface area contributed by atoms with Crippen LogP contribution in [0.1, 0.15) is 28.2 Å². The maximum absolute atomic E-state index is 11.5. The van der Waals surface area contributed by atoms with Gasteiger partial charge in [0.25, 0.3) is 0 Å². The molecule has 0 saturated carbocycles. The molecule has 0 heterocycles. The Kier molecular flexibility index (Phi) is 8.24. The lowest BCUT2D eigenvalue weighted by atomic mass is 9.84. The SMILES string of the molecule is Cc1cc(Cl)cc(COCC(C(c2ccccc2)c2ccccc2)N(C)CC(=O)O)c1. The van der Waals surface area contributed by atoms with Crippen molar-refractivity contribution in [1.82, 2.24) is 4.90 Å². The second-order valence-electron chi connectivity index (χ2n) is 7.83. The highest BCUT2D eigenvalue weighted by atomic mass is 35.5. The molecule has 31 heavy (non-hydrogen) atoms. The zero-order chi connectivity index (χ0) is 22.2. The van der Waals surface area contributed by atoms with E-state index >= 15 is 0 Å². The second kappa shape index (κ2) is 11.1. The molecule has 0 amide bonds. The third-order valence-electron chi connectivity index (χ3n) is 5.31. The third-order valence-corrected chi connectivity index (χ3v) is 5.53. The summed E-state index contributed by atoms with van der Waals surface area (Å²) in [6, 6.07) is 26.0. The minimum Gasteiger partial charge on any atom is -0.480 e. The first-order valence-corrected chi connectivity index (χ1v) is 10.7. The first-order valence-electron chi connectivity index (χ1n) is 10.3. The molecule has 162 valence electrons. The number of aryl methyl sites for hydroxylation is 1. The minimum absolute atomic E-state index is 0.0344. The standard InChI is InChI=1S/C26H28ClNO3/c1-19-13-20(15-23(27)14-19)17-31-18-24(28(2)16-25(29)30)26(21-9-5-3-6-10-21)22-11-7-4-8-12-22/h3-15,24,26H,16-18H2,1-2H3,(H,29,30). The van der Waals surface area contributed by atoms with Crippen LogP contribution in [0.4, 0.5) is 0 Å². The quantitative estimate of drug-likeness (QED) is 0.462. The molecule has 0 radical (unpaired) electrons. The minimum atomic E-state index is -0.863. The number of likely N-dealkylation sites (N-methyl/N-ethyl adjacent to an activating group) is 1. The van der Waals surface area contributed by atoms with Gasteiger partial charge in [-0.1, -0.05) is 78.3 Å². The molecule has 3 rings (SSSR count). The van der Waals surface area contributed by atoms with Gasteiger partial charge in [-0.15, -0.1) is 0 Å². The molecule has 1 atom stereocenters. The third kappa shape index (κ3) is 6.66. The fourth-order valence-corrected chi connectivity index (χ4v) is 4.27. The molecule has 0 aliphatic rings. The van der Waals surface area contributed by atoms with Gasteiger partial charge in [0, 0.05) is 17.0 Å². The summed E-state index contributed by atoms with van der Waals surface area (Å²) in [4.78, 5) is 13.3. The molecule has 3 aromatic carbocycles. The zero-order valence-electron chi connectivity index (χ0n) is 17.9. The fraction of sp³-hybridized carbons (Fsp3) is 0.269. The highest BCUT2D eigenvalue weighted by Crippen LogP contribution is 2.31. The van der Waals surface area contributed by atoms with Gasteiger partial charge < -0.3 is 9.84 Å². The molecule has 0 aromatic heterocycles. The summed E-state index contributed by atoms with van der Waals surface area (Å²) in [5.41, 5.74) is 4.33. The van der Waals surface area contributed by atoms with Crippen LogP contribution in [0, 0.1) is 6.92 Å². The van der Waals surface area contributed by atoms with Gasteiger partial charge in [0.15, 0.2) is 0 Å². The molecule has 5 heteroatoms. The highest BCUT2D eigenvalue weighted by molar-refractivity contribution is 6.30. The Bertz CT molecular complexity index is 919. The zero-order valence-corrected chi connectivity index (χ0v) is 18.6. The van der Waals surface area contributed by atoms with Crippen LogP contribution in [0.25, 0.3) is 0 Å². The van der Waals surface area contributed by atoms with Gasteiger partial charge in [-0.3, -0.25) is 9.69 Å². The van der Waals surface area contributed by atoms with Crippen molar-refractivity contribution in [2.45, 2.75) is 25.5 Å². The summed E-state index contributed by atoms with van der Waals surface area (Å²) in [7, 11) is 1.84. The first kappa shape index (κ1) is 23.0. The summed E-state index contributed by atoms with van der Waals surface area (Å²) in [6.07, 6.45) is 0. The second-order valence-corrected chi connectivity index (χ2v) is 8.26. The number of ether oxygens (including phenoxy) is 1. The van der Waals surface area contributed by atoms with Crippen LogP contribution >= 0.6 is 11.6 Å². The van der Waals surface area contributed by atoms with E-state index in [1.54, 1.807) is 0 Å². The lowest BCUT2D eigenvalue weighted by Gasteiger charge is -2.34. The summed E-state index contributed by atoms with van der Waals surface area (Å²) >= 11 is 6.18. The van der Waals surface area contributed by atoms with Crippen molar-refractivity contribution in [1.29, 1.82) is 0 Å². The highest BCUT2D eigenvalue weighted by Gasteiger charge is 2.29. The Hall–Kier alpha value is -2.66. The first-order chi connectivity index (χ1) is 14.9. The van der Waals surface area contributed by atoms with E-state index in [4.69, 9.17) is 16.3 Å². The van der Waals surface area contributed by atoms with E-state index in [2.05, 4.69) is 24.3 Å². The van der Waals surface area contributed by atoms with E-state index < -0.39 is 5.97 Å². The van der Waals surface area contributed by atoms with E-state index in [0.717, 1.165) is 22.3 Å². The molecule has 0 bridgehead atoms. The molecule has 1 unspecified atom stereocenters. The van der Waals surface area contributed by atoms with Gasteiger partial charge in [0.05, 0.1) is 19.8 Å². The number of halogens is 1. The molecule has 4 nitrogen and oxygen atoms in total. The molecule has 0 spiro atoms. The number of hydrogen-bond acceptors (Lipinski definition) is 3. The molecule has 1 N–H and O–H groups in total. The largest absolute Gasteiger partial charge is 0.480 e. The average Bonchev–Trinajstić information content (AvgIpc) is 2.73. The smallest absolute Gasteiger partial charge is 0.317 e. The van der Waals surface area contributed by atoms with Crippen molar-refractivity contribution in [2.75, 3.05) is 20.2 Å². The van der Waals surface area contributed by atoms with Gasteiger partial charge in [-0.05, 0) is 48.4 Å². The van der Waals surface area contributed by atoms with E-state index in [-0.39, 0.29) is 18.5 Å². The number of carboxylic acids is 1. The van der Waals surface area contributed by atoms with Gasteiger partial charge in [-0.25, -0.2) is 0 Å². The lowest BCUT2D eigenvalue weighted by Crippen LogP contribution is -2.43. The summed E-state index contributed by atoms with van der Waals surface area (Å²) < 4.78 is 6.13. The van der Waals surface area contributed by atoms with Crippen molar-refractivity contribution in [3.8, 4) is 0 Å². The van der Waals surface area contributed by atoms with Crippen LogP contribution in [0.2, 0.25) is 5.02 Å². The maximum Gasteiger partial charge on any atom is 0.317 e. The van der Waals surface area contributed by atoms with Gasteiger partial charge in [-0.2, -0.15) is 0 Å². The molecular formula is C26H28ClNO3. The van der Waals surface area contributed by atoms with Crippen molar-refractivity contribution < 1.29 is 14.6 Å². The van der Waals surface area contributed by atoms with Crippen LogP contribution < -0.4 is 0 Å². The molecule has 0 aliphatic heterocycles. The Labute approximate surface area is 189 Å². The van der Waals surface area contributed by atoms with Gasteiger partial charge in [0.2, 0.25) is 0 Å². The number of rotatable bonds is 10. The topological polar surface area (TPSA) is 49.8 Å². The van der Waals surface area contributed by atoms with Crippen molar-refractivity contribution in [3.05, 3.63) is 106 Å². The Morgan fingerprint density at radius 2 is 1.58 bits per heavy atom. The molecule has 3 aromatic rings. The maximum atomic E-state index is 11.5. The number of carboxylic acid groups (broad SMARTS) is 1. The Balaban J connectivity index is 1.88. The van der Waals surface area contributed by atoms with Crippen LogP contribution in [0.3, 0.4) is 0 Å². The van der Waals surface area contributed by atoms with E-state index in [1.807, 2.05) is 73.5 Å². The molecular weight excluding hydrogens is 410 g/mol. The van der Waals surface area contributed by atoms with Crippen molar-refractivity contribution in [3.63, 3.8) is 0 Å². The summed E-state index contributed by atoms with van der Waals surface area (Å²) in [6.45, 7) is 2.72. The predicted molar refractivity (Wildman–Crippen MR) is 125 cm³/mol. The Morgan fingerprint density at radius 1 is 1.00 bits per heavy atom. The van der Waals surface area contributed by atoms with E-state index in [1.165, 1.54) is 0 Å². The van der Waals surface area contributed by atoms with Crippen molar-refractivity contribution >= 4 is 17.6 Å². The molecule has 0 fully saturated rings. The summed E-state index contributed by atoms with van der Waals surface area (Å²) in [5.74, 6) is -0.898. The number of nitrogens with zero attached hydrogens (tertiary/aromatic N) is 1. The average molecular weight is 438 g/mol. The Morgan fingerprint density at radius 3 is 2.10 bits per heavy atom.